The fourth-order valence-corrected chi connectivity index (χ4v) is 11.0. The molecule has 1 aromatic rings. The Kier molecular flexibility index (Phi) is 29.4. The first-order valence-electron chi connectivity index (χ1n) is 28.4. The number of phenolic OH excluding ortho intramolecular Hbond substituents is 1. The van der Waals surface area contributed by atoms with E-state index in [1.807, 2.05) is 13.8 Å². The lowest BCUT2D eigenvalue weighted by atomic mass is 9.81. The Hall–Kier alpha value is -1.71. The van der Waals surface area contributed by atoms with E-state index in [2.05, 4.69) is 90.0 Å². The molecule has 0 fully saturated rings. The molecule has 4 nitrogen and oxygen atoms in total. The van der Waals surface area contributed by atoms with Crippen molar-refractivity contribution >= 4 is 5.97 Å². The second kappa shape index (κ2) is 32.2. The fraction of sp³-hybridized carbons (Fsp3) is 0.885. The molecule has 0 saturated heterocycles. The van der Waals surface area contributed by atoms with Crippen LogP contribution in [0.3, 0.4) is 0 Å². The smallest absolute Gasteiger partial charge is 0.306 e. The molecule has 6 unspecified atom stereocenters. The fourth-order valence-electron chi connectivity index (χ4n) is 11.0. The van der Waals surface area contributed by atoms with Gasteiger partial charge in [0, 0.05) is 18.4 Å². The van der Waals surface area contributed by atoms with Gasteiger partial charge in [-0.05, 0) is 117 Å². The number of rotatable bonds is 37. The lowest BCUT2D eigenvalue weighted by Gasteiger charge is -2.43. The third-order valence-electron chi connectivity index (χ3n) is 16.4. The van der Waals surface area contributed by atoms with Gasteiger partial charge in [-0.25, -0.2) is 0 Å². The zero-order valence-electron chi connectivity index (χ0n) is 46.2. The summed E-state index contributed by atoms with van der Waals surface area (Å²) in [6.07, 6.45) is 34.5. The number of hydrogen-bond acceptors (Lipinski definition) is 4. The van der Waals surface area contributed by atoms with Gasteiger partial charge >= 0.3 is 5.97 Å². The second-order valence-electron chi connectivity index (χ2n) is 24.5. The number of phenols is 1. The highest BCUT2D eigenvalue weighted by Gasteiger charge is 2.45. The lowest BCUT2D eigenvalue weighted by molar-refractivity contribution is -0.164. The van der Waals surface area contributed by atoms with Gasteiger partial charge in [-0.2, -0.15) is 0 Å². The zero-order valence-corrected chi connectivity index (χ0v) is 46.2. The molecule has 0 aromatic heterocycles. The number of carbonyl (C=O) groups is 1. The molecule has 0 radical (unpaired) electrons. The summed E-state index contributed by atoms with van der Waals surface area (Å²) in [5.41, 5.74) is 3.12. The van der Waals surface area contributed by atoms with Crippen molar-refractivity contribution in [2.75, 3.05) is 0 Å². The molecule has 0 amide bonds. The highest BCUT2D eigenvalue weighted by molar-refractivity contribution is 5.70. The van der Waals surface area contributed by atoms with Crippen molar-refractivity contribution in [3.05, 3.63) is 22.3 Å². The molecule has 380 valence electrons. The van der Waals surface area contributed by atoms with Gasteiger partial charge in [0.2, 0.25) is 0 Å². The van der Waals surface area contributed by atoms with Crippen LogP contribution in [-0.4, -0.2) is 22.8 Å². The first kappa shape index (κ1) is 59.4. The van der Waals surface area contributed by atoms with E-state index in [4.69, 9.17) is 9.47 Å². The van der Waals surface area contributed by atoms with Crippen LogP contribution in [0.4, 0.5) is 0 Å². The van der Waals surface area contributed by atoms with E-state index in [0.717, 1.165) is 95.1 Å². The first-order chi connectivity index (χ1) is 30.7. The Morgan fingerprint density at radius 2 is 0.846 bits per heavy atom. The number of carbonyl (C=O) groups excluding carboxylic acids is 1. The molecule has 1 aliphatic rings. The molecule has 1 N–H and O–H groups in total. The first-order valence-corrected chi connectivity index (χ1v) is 28.4. The summed E-state index contributed by atoms with van der Waals surface area (Å²) in [6.45, 7) is 34.6. The summed E-state index contributed by atoms with van der Waals surface area (Å²) in [5.74, 6) is 8.19. The van der Waals surface area contributed by atoms with Crippen LogP contribution in [0.25, 0.3) is 0 Å². The largest absolute Gasteiger partial charge is 0.507 e. The molecule has 0 bridgehead atoms. The van der Waals surface area contributed by atoms with Crippen molar-refractivity contribution in [1.29, 1.82) is 0 Å². The van der Waals surface area contributed by atoms with Crippen LogP contribution in [0.1, 0.15) is 279 Å². The van der Waals surface area contributed by atoms with E-state index in [0.29, 0.717) is 30.4 Å². The summed E-state index contributed by atoms with van der Waals surface area (Å²) >= 11 is 0. The highest BCUT2D eigenvalue weighted by Crippen LogP contribution is 2.46. The minimum atomic E-state index is -0.600. The van der Waals surface area contributed by atoms with Crippen LogP contribution < -0.4 is 4.74 Å². The minimum Gasteiger partial charge on any atom is -0.507 e. The van der Waals surface area contributed by atoms with E-state index >= 15 is 0 Å². The molecule has 1 aromatic carbocycles. The van der Waals surface area contributed by atoms with Crippen molar-refractivity contribution in [2.45, 2.75) is 295 Å². The predicted molar refractivity (Wildman–Crippen MR) is 283 cm³/mol. The van der Waals surface area contributed by atoms with Gasteiger partial charge in [0.1, 0.15) is 23.2 Å². The van der Waals surface area contributed by atoms with Crippen molar-refractivity contribution in [3.8, 4) is 11.5 Å². The Morgan fingerprint density at radius 1 is 0.508 bits per heavy atom. The number of benzene rings is 1. The SMILES string of the molecule is Cc1c(C)c2c(c(C)c1O)CC(OC(=O)CCC(C)CCCC(C)CCCC(C)CCCCC(C)CCCC(C)CCCC(C)C)[C@](C)(CCC[C@H](C)CCC[C@@H](C)CCCC(C)C)O2. The molecule has 2 rings (SSSR count). The van der Waals surface area contributed by atoms with Gasteiger partial charge in [-0.1, -0.05) is 224 Å². The molecule has 0 saturated carbocycles. The predicted octanol–water partition coefficient (Wildman–Crippen LogP) is 19.2. The summed E-state index contributed by atoms with van der Waals surface area (Å²) in [4.78, 5) is 13.6. The number of unbranched alkanes of at least 4 members (excludes halogenated alkanes) is 1. The Bertz CT molecular complexity index is 1410. The quantitative estimate of drug-likeness (QED) is 0.0534. The monoisotopic (exact) mass is 909 g/mol. The van der Waals surface area contributed by atoms with Crippen LogP contribution in [0.2, 0.25) is 0 Å². The highest BCUT2D eigenvalue weighted by atomic mass is 16.6. The normalized spacial score (nSPS) is 19.7. The molecular formula is C61H112O4. The Balaban J connectivity index is 1.72. The van der Waals surface area contributed by atoms with Gasteiger partial charge in [-0.15, -0.1) is 0 Å². The zero-order chi connectivity index (χ0) is 48.5. The maximum atomic E-state index is 13.6. The van der Waals surface area contributed by atoms with Crippen molar-refractivity contribution in [2.24, 2.45) is 53.3 Å². The van der Waals surface area contributed by atoms with Crippen LogP contribution in [0, 0.1) is 74.0 Å². The van der Waals surface area contributed by atoms with E-state index in [1.54, 1.807) is 0 Å². The Labute approximate surface area is 406 Å². The molecule has 65 heavy (non-hydrogen) atoms. The van der Waals surface area contributed by atoms with Crippen LogP contribution in [-0.2, 0) is 16.0 Å². The minimum absolute atomic E-state index is 0.105. The Morgan fingerprint density at radius 3 is 1.23 bits per heavy atom. The number of esters is 1. The number of hydrogen-bond donors (Lipinski definition) is 1. The van der Waals surface area contributed by atoms with Crippen molar-refractivity contribution < 1.29 is 19.4 Å². The van der Waals surface area contributed by atoms with E-state index in [9.17, 15) is 9.90 Å². The maximum Gasteiger partial charge on any atom is 0.306 e. The molecule has 4 heteroatoms. The summed E-state index contributed by atoms with van der Waals surface area (Å²) < 4.78 is 13.4. The molecule has 0 aliphatic carbocycles. The number of fused-ring (bicyclic) bond motifs is 1. The molecule has 1 heterocycles. The molecule has 9 atom stereocenters. The third-order valence-corrected chi connectivity index (χ3v) is 16.4. The van der Waals surface area contributed by atoms with Gasteiger partial charge in [0.15, 0.2) is 0 Å². The van der Waals surface area contributed by atoms with E-state index < -0.39 is 5.60 Å². The van der Waals surface area contributed by atoms with Gasteiger partial charge in [0.25, 0.3) is 0 Å². The average Bonchev–Trinajstić information content (AvgIpc) is 3.23. The lowest BCUT2D eigenvalue weighted by Crippen LogP contribution is -2.51. The maximum absolute atomic E-state index is 13.6. The summed E-state index contributed by atoms with van der Waals surface area (Å²) in [7, 11) is 0. The molecule has 0 spiro atoms. The van der Waals surface area contributed by atoms with Crippen LogP contribution in [0.5, 0.6) is 11.5 Å². The average molecular weight is 910 g/mol. The third kappa shape index (κ3) is 24.4. The van der Waals surface area contributed by atoms with Crippen LogP contribution in [0.15, 0.2) is 0 Å². The summed E-state index contributed by atoms with van der Waals surface area (Å²) in [6, 6.07) is 0. The van der Waals surface area contributed by atoms with Gasteiger partial charge in [0.05, 0.1) is 0 Å². The molecular weight excluding hydrogens is 797 g/mol. The summed E-state index contributed by atoms with van der Waals surface area (Å²) in [5, 5.41) is 11.0. The van der Waals surface area contributed by atoms with E-state index in [1.165, 1.54) is 141 Å². The van der Waals surface area contributed by atoms with Crippen molar-refractivity contribution in [3.63, 3.8) is 0 Å². The molecule has 1 aliphatic heterocycles. The van der Waals surface area contributed by atoms with Gasteiger partial charge in [-0.3, -0.25) is 4.79 Å². The standard InChI is InChI=1S/C61H112O4/c1-44(2)25-18-29-48(7)33-20-31-46(5)27-16-17-28-47(6)32-21-35-50(9)36-23-38-52(11)40-41-58(62)64-57-43-56-55(14)59(63)53(12)54(13)60(56)65-61(57,15)42-24-39-51(10)37-22-34-49(8)30-19-26-45(3)4/h44-52,57,63H,16-43H2,1-15H3/t46?,47?,48?,49-,50?,51+,52?,57?,61-/m0/s1. The van der Waals surface area contributed by atoms with Crippen molar-refractivity contribution in [1.82, 2.24) is 0 Å². The van der Waals surface area contributed by atoms with Crippen LogP contribution >= 0.6 is 0 Å². The second-order valence-corrected chi connectivity index (χ2v) is 24.5. The van der Waals surface area contributed by atoms with E-state index in [-0.39, 0.29) is 12.1 Å². The van der Waals surface area contributed by atoms with Gasteiger partial charge < -0.3 is 14.6 Å². The topological polar surface area (TPSA) is 55.8 Å². The number of ether oxygens (including phenoxy) is 2. The number of aromatic hydroxyl groups is 1.